The van der Waals surface area contributed by atoms with Gasteiger partial charge in [0.2, 0.25) is 5.95 Å². The third-order valence-corrected chi connectivity index (χ3v) is 1.98. The van der Waals surface area contributed by atoms with Gasteiger partial charge >= 0.3 is 6.18 Å². The van der Waals surface area contributed by atoms with Crippen LogP contribution in [0.2, 0.25) is 0 Å². The second-order valence-electron chi connectivity index (χ2n) is 3.32. The van der Waals surface area contributed by atoms with Crippen molar-refractivity contribution in [1.82, 2.24) is 14.8 Å². The summed E-state index contributed by atoms with van der Waals surface area (Å²) in [5.41, 5.74) is 0. The number of halogens is 3. The van der Waals surface area contributed by atoms with Gasteiger partial charge in [-0.05, 0) is 13.8 Å². The Hall–Kier alpha value is -1.31. The summed E-state index contributed by atoms with van der Waals surface area (Å²) in [7, 11) is 0. The van der Waals surface area contributed by atoms with Crippen LogP contribution < -0.4 is 5.32 Å². The molecule has 1 N–H and O–H groups in total. The van der Waals surface area contributed by atoms with Crippen molar-refractivity contribution in [2.24, 2.45) is 0 Å². The van der Waals surface area contributed by atoms with E-state index in [4.69, 9.17) is 0 Å². The minimum absolute atomic E-state index is 0.203. The lowest BCUT2D eigenvalue weighted by Crippen LogP contribution is -2.18. The molecule has 0 unspecified atom stereocenters. The summed E-state index contributed by atoms with van der Waals surface area (Å²) >= 11 is 0. The van der Waals surface area contributed by atoms with Crippen LogP contribution in [0.1, 0.15) is 19.7 Å². The highest BCUT2D eigenvalue weighted by Crippen LogP contribution is 2.16. The second kappa shape index (κ2) is 5.85. The summed E-state index contributed by atoms with van der Waals surface area (Å²) < 4.78 is 41.9. The van der Waals surface area contributed by atoms with Crippen LogP contribution in [0.15, 0.2) is 0 Å². The quantitative estimate of drug-likeness (QED) is 0.839. The smallest absolute Gasteiger partial charge is 0.364 e. The van der Waals surface area contributed by atoms with Crippen LogP contribution in [0.3, 0.4) is 0 Å². The van der Waals surface area contributed by atoms with Crippen molar-refractivity contribution in [3.63, 3.8) is 0 Å². The van der Waals surface area contributed by atoms with Gasteiger partial charge in [0.05, 0.1) is 0 Å². The monoisotopic (exact) mass is 252 g/mol. The average Bonchev–Trinajstić information content (AvgIpc) is 2.59. The van der Waals surface area contributed by atoms with Crippen LogP contribution in [-0.2, 0) is 17.9 Å². The number of rotatable bonds is 6. The number of nitrogens with zero attached hydrogens (tertiary/aromatic N) is 3. The Bertz CT molecular complexity index is 351. The van der Waals surface area contributed by atoms with Gasteiger partial charge in [0.15, 0.2) is 5.82 Å². The summed E-state index contributed by atoms with van der Waals surface area (Å²) in [6, 6.07) is 0. The van der Waals surface area contributed by atoms with Crippen LogP contribution in [0.5, 0.6) is 0 Å². The van der Waals surface area contributed by atoms with E-state index in [1.54, 1.807) is 4.57 Å². The molecule has 0 atom stereocenters. The normalized spacial score (nSPS) is 11.8. The Morgan fingerprint density at radius 3 is 2.53 bits per heavy atom. The molecule has 98 valence electrons. The van der Waals surface area contributed by atoms with Crippen molar-refractivity contribution in [3.8, 4) is 0 Å². The molecular formula is C9H15F3N4O. The first-order valence-corrected chi connectivity index (χ1v) is 5.28. The minimum atomic E-state index is -4.32. The molecule has 1 aromatic rings. The molecule has 0 fully saturated rings. The Labute approximate surface area is 97.0 Å². The zero-order valence-electron chi connectivity index (χ0n) is 9.71. The van der Waals surface area contributed by atoms with Crippen molar-refractivity contribution < 1.29 is 17.9 Å². The fourth-order valence-electron chi connectivity index (χ4n) is 1.32. The van der Waals surface area contributed by atoms with Crippen molar-refractivity contribution in [3.05, 3.63) is 5.82 Å². The number of aromatic nitrogens is 3. The van der Waals surface area contributed by atoms with E-state index in [2.05, 4.69) is 20.3 Å². The molecule has 1 heterocycles. The Kier molecular flexibility index (Phi) is 4.73. The molecule has 0 saturated carbocycles. The number of nitrogens with one attached hydrogen (secondary N) is 1. The third-order valence-electron chi connectivity index (χ3n) is 1.98. The fraction of sp³-hybridized carbons (Fsp3) is 0.778. The van der Waals surface area contributed by atoms with E-state index in [0.29, 0.717) is 24.9 Å². The van der Waals surface area contributed by atoms with E-state index in [9.17, 15) is 13.2 Å². The predicted molar refractivity (Wildman–Crippen MR) is 55.6 cm³/mol. The largest absolute Gasteiger partial charge is 0.411 e. The van der Waals surface area contributed by atoms with Crippen molar-refractivity contribution in [2.75, 3.05) is 18.5 Å². The lowest BCUT2D eigenvalue weighted by atomic mass is 10.5. The molecule has 1 rings (SSSR count). The van der Waals surface area contributed by atoms with E-state index in [-0.39, 0.29) is 6.61 Å². The van der Waals surface area contributed by atoms with Gasteiger partial charge < -0.3 is 10.1 Å². The molecule has 0 spiro atoms. The number of anilines is 1. The summed E-state index contributed by atoms with van der Waals surface area (Å²) in [6.45, 7) is 3.51. The molecule has 0 bridgehead atoms. The molecule has 1 aromatic heterocycles. The topological polar surface area (TPSA) is 52.0 Å². The first-order chi connectivity index (χ1) is 7.98. The Morgan fingerprint density at radius 2 is 2.00 bits per heavy atom. The molecule has 0 saturated heterocycles. The zero-order valence-corrected chi connectivity index (χ0v) is 9.71. The van der Waals surface area contributed by atoms with E-state index in [0.717, 1.165) is 0 Å². The molecule has 0 radical (unpaired) electrons. The first kappa shape index (κ1) is 13.8. The lowest BCUT2D eigenvalue weighted by molar-refractivity contribution is -0.177. The van der Waals surface area contributed by atoms with Gasteiger partial charge in [-0.25, -0.2) is 0 Å². The molecule has 0 aliphatic heterocycles. The number of alkyl halides is 3. The van der Waals surface area contributed by atoms with Gasteiger partial charge in [-0.1, -0.05) is 0 Å². The summed E-state index contributed by atoms with van der Waals surface area (Å²) in [5, 5.41) is 10.6. The van der Waals surface area contributed by atoms with Gasteiger partial charge in [0.1, 0.15) is 13.2 Å². The minimum Gasteiger partial charge on any atom is -0.364 e. The number of hydrogen-bond donors (Lipinski definition) is 1. The molecular weight excluding hydrogens is 237 g/mol. The second-order valence-corrected chi connectivity index (χ2v) is 3.32. The summed E-state index contributed by atoms with van der Waals surface area (Å²) in [4.78, 5) is 0. The van der Waals surface area contributed by atoms with E-state index in [1.807, 2.05) is 13.8 Å². The highest BCUT2D eigenvalue weighted by molar-refractivity contribution is 5.25. The Morgan fingerprint density at radius 1 is 1.29 bits per heavy atom. The molecule has 0 aromatic carbocycles. The Balaban J connectivity index is 2.59. The zero-order chi connectivity index (χ0) is 12.9. The molecule has 0 amide bonds. The SMILES string of the molecule is CCNc1nnc(COCC(F)(F)F)n1CC. The standard InChI is InChI=1S/C9H15F3N4O/c1-3-13-8-15-14-7(16(8)4-2)5-17-6-9(10,11)12/h3-6H2,1-2H3,(H,13,15). The molecule has 8 heteroatoms. The van der Waals surface area contributed by atoms with Gasteiger partial charge in [-0.15, -0.1) is 10.2 Å². The van der Waals surface area contributed by atoms with Crippen LogP contribution in [0, 0.1) is 0 Å². The third kappa shape index (κ3) is 4.22. The maximum absolute atomic E-state index is 11.9. The molecule has 5 nitrogen and oxygen atoms in total. The van der Waals surface area contributed by atoms with Gasteiger partial charge in [-0.2, -0.15) is 13.2 Å². The van der Waals surface area contributed by atoms with Gasteiger partial charge in [-0.3, -0.25) is 4.57 Å². The maximum atomic E-state index is 11.9. The number of hydrogen-bond acceptors (Lipinski definition) is 4. The molecule has 17 heavy (non-hydrogen) atoms. The predicted octanol–water partition coefficient (Wildman–Crippen LogP) is 1.81. The number of ether oxygens (including phenoxy) is 1. The lowest BCUT2D eigenvalue weighted by Gasteiger charge is -2.09. The van der Waals surface area contributed by atoms with Crippen molar-refractivity contribution in [2.45, 2.75) is 33.2 Å². The van der Waals surface area contributed by atoms with Gasteiger partial charge in [0, 0.05) is 13.1 Å². The van der Waals surface area contributed by atoms with E-state index in [1.165, 1.54) is 0 Å². The molecule has 0 aliphatic rings. The molecule has 0 aliphatic carbocycles. The highest BCUT2D eigenvalue weighted by atomic mass is 19.4. The summed E-state index contributed by atoms with van der Waals surface area (Å²) in [6.07, 6.45) is -4.32. The first-order valence-electron chi connectivity index (χ1n) is 5.28. The van der Waals surface area contributed by atoms with Crippen LogP contribution >= 0.6 is 0 Å². The van der Waals surface area contributed by atoms with Crippen LogP contribution in [-0.4, -0.2) is 34.1 Å². The van der Waals surface area contributed by atoms with E-state index >= 15 is 0 Å². The van der Waals surface area contributed by atoms with Crippen LogP contribution in [0.25, 0.3) is 0 Å². The maximum Gasteiger partial charge on any atom is 0.411 e. The summed E-state index contributed by atoms with van der Waals surface area (Å²) in [5.74, 6) is 0.924. The highest BCUT2D eigenvalue weighted by Gasteiger charge is 2.27. The van der Waals surface area contributed by atoms with Gasteiger partial charge in [0.25, 0.3) is 0 Å². The average molecular weight is 252 g/mol. The van der Waals surface area contributed by atoms with Crippen LogP contribution in [0.4, 0.5) is 19.1 Å². The van der Waals surface area contributed by atoms with Crippen molar-refractivity contribution in [1.29, 1.82) is 0 Å². The van der Waals surface area contributed by atoms with Crippen molar-refractivity contribution >= 4 is 5.95 Å². The fourth-order valence-corrected chi connectivity index (χ4v) is 1.32. The van der Waals surface area contributed by atoms with E-state index < -0.39 is 12.8 Å².